The lowest BCUT2D eigenvalue weighted by Gasteiger charge is -2.19. The average molecular weight is 395 g/mol. The Morgan fingerprint density at radius 2 is 2.00 bits per heavy atom. The third-order valence-corrected chi connectivity index (χ3v) is 4.90. The van der Waals surface area contributed by atoms with E-state index in [2.05, 4.69) is 10.2 Å². The molecule has 1 N–H and O–H groups in total. The molecule has 1 aromatic rings. The average Bonchev–Trinajstić information content (AvgIpc) is 2.94. The first-order valence-electron chi connectivity index (χ1n) is 9.82. The summed E-state index contributed by atoms with van der Waals surface area (Å²) in [5, 5.41) is 3.41. The number of nitrogens with one attached hydrogen (secondary N) is 1. The van der Waals surface area contributed by atoms with E-state index in [4.69, 9.17) is 21.1 Å². The number of benzene rings is 1. The van der Waals surface area contributed by atoms with Gasteiger partial charge in [-0.25, -0.2) is 0 Å². The van der Waals surface area contributed by atoms with Crippen LogP contribution in [0.25, 0.3) is 6.08 Å². The molecule has 1 fully saturated rings. The topological polar surface area (TPSA) is 50.8 Å². The Labute approximate surface area is 167 Å². The van der Waals surface area contributed by atoms with Gasteiger partial charge in [-0.3, -0.25) is 4.79 Å². The molecule has 1 amide bonds. The van der Waals surface area contributed by atoms with Crippen LogP contribution in [0.5, 0.6) is 11.5 Å². The molecule has 0 radical (unpaired) electrons. The Kier molecular flexibility index (Phi) is 9.50. The maximum Gasteiger partial charge on any atom is 0.243 e. The van der Waals surface area contributed by atoms with Gasteiger partial charge in [0.1, 0.15) is 0 Å². The number of nitrogens with zero attached hydrogens (tertiary/aromatic N) is 1. The zero-order valence-electron chi connectivity index (χ0n) is 16.4. The summed E-state index contributed by atoms with van der Waals surface area (Å²) >= 11 is 6.25. The Hall–Kier alpha value is -1.72. The number of hydrogen-bond acceptors (Lipinski definition) is 4. The number of rotatable bonds is 9. The van der Waals surface area contributed by atoms with Crippen molar-refractivity contribution >= 4 is 23.6 Å². The van der Waals surface area contributed by atoms with E-state index < -0.39 is 0 Å². The number of carbonyl (C=O) groups excluding carboxylic acids is 1. The quantitative estimate of drug-likeness (QED) is 0.505. The van der Waals surface area contributed by atoms with Crippen LogP contribution in [-0.4, -0.2) is 50.7 Å². The SMILES string of the molecule is CCOc1c(Cl)cc(/C=C/C(=O)NCCCN2CCCCCC2)cc1OC. The molecule has 1 aliphatic rings. The molecule has 1 heterocycles. The molecule has 0 spiro atoms. The molecule has 0 saturated carbocycles. The summed E-state index contributed by atoms with van der Waals surface area (Å²) in [6.07, 6.45) is 9.51. The normalized spacial score (nSPS) is 15.5. The molecule has 5 nitrogen and oxygen atoms in total. The van der Waals surface area contributed by atoms with Crippen LogP contribution in [-0.2, 0) is 4.79 Å². The van der Waals surface area contributed by atoms with E-state index in [0.717, 1.165) is 18.5 Å². The summed E-state index contributed by atoms with van der Waals surface area (Å²) in [5.74, 6) is 0.980. The molecular formula is C21H31ClN2O3. The maximum absolute atomic E-state index is 12.0. The lowest BCUT2D eigenvalue weighted by Crippen LogP contribution is -2.30. The second-order valence-corrected chi connectivity index (χ2v) is 7.11. The molecule has 0 aromatic heterocycles. The first kappa shape index (κ1) is 21.6. The minimum absolute atomic E-state index is 0.102. The van der Waals surface area contributed by atoms with Crippen molar-refractivity contribution in [2.45, 2.75) is 39.0 Å². The molecule has 0 aliphatic carbocycles. The van der Waals surface area contributed by atoms with E-state index in [9.17, 15) is 4.79 Å². The molecule has 0 bridgehead atoms. The van der Waals surface area contributed by atoms with Gasteiger partial charge in [0.05, 0.1) is 18.7 Å². The van der Waals surface area contributed by atoms with Crippen LogP contribution in [0.4, 0.5) is 0 Å². The minimum atomic E-state index is -0.102. The van der Waals surface area contributed by atoms with E-state index in [1.54, 1.807) is 25.3 Å². The number of halogens is 1. The van der Waals surface area contributed by atoms with Gasteiger partial charge in [-0.1, -0.05) is 24.4 Å². The van der Waals surface area contributed by atoms with Crippen LogP contribution in [0.1, 0.15) is 44.6 Å². The van der Waals surface area contributed by atoms with Crippen molar-refractivity contribution in [2.75, 3.05) is 39.9 Å². The van der Waals surface area contributed by atoms with Crippen LogP contribution in [0.15, 0.2) is 18.2 Å². The molecule has 1 aromatic carbocycles. The van der Waals surface area contributed by atoms with Gasteiger partial charge in [-0.15, -0.1) is 0 Å². The van der Waals surface area contributed by atoms with Crippen molar-refractivity contribution < 1.29 is 14.3 Å². The summed E-state index contributed by atoms with van der Waals surface area (Å²) in [5.41, 5.74) is 0.792. The summed E-state index contributed by atoms with van der Waals surface area (Å²) in [6, 6.07) is 3.57. The Balaban J connectivity index is 1.79. The highest BCUT2D eigenvalue weighted by atomic mass is 35.5. The first-order chi connectivity index (χ1) is 13.1. The second-order valence-electron chi connectivity index (χ2n) is 6.70. The lowest BCUT2D eigenvalue weighted by atomic mass is 10.2. The molecule has 1 saturated heterocycles. The van der Waals surface area contributed by atoms with Crippen LogP contribution in [0.2, 0.25) is 5.02 Å². The van der Waals surface area contributed by atoms with E-state index in [-0.39, 0.29) is 5.91 Å². The van der Waals surface area contributed by atoms with Gasteiger partial charge in [-0.2, -0.15) is 0 Å². The summed E-state index contributed by atoms with van der Waals surface area (Å²) < 4.78 is 10.8. The van der Waals surface area contributed by atoms with Gasteiger partial charge in [0.15, 0.2) is 11.5 Å². The molecule has 0 unspecified atom stereocenters. The van der Waals surface area contributed by atoms with E-state index in [1.807, 2.05) is 6.92 Å². The molecule has 1 aliphatic heterocycles. The fourth-order valence-electron chi connectivity index (χ4n) is 3.23. The molecule has 27 heavy (non-hydrogen) atoms. The number of methoxy groups -OCH3 is 1. The van der Waals surface area contributed by atoms with Crippen molar-refractivity contribution in [1.29, 1.82) is 0 Å². The van der Waals surface area contributed by atoms with E-state index >= 15 is 0 Å². The zero-order chi connectivity index (χ0) is 19.5. The first-order valence-corrected chi connectivity index (χ1v) is 10.2. The minimum Gasteiger partial charge on any atom is -0.493 e. The van der Waals surface area contributed by atoms with Crippen molar-refractivity contribution in [3.05, 3.63) is 28.8 Å². The van der Waals surface area contributed by atoms with E-state index in [1.165, 1.54) is 44.8 Å². The smallest absolute Gasteiger partial charge is 0.243 e. The zero-order valence-corrected chi connectivity index (χ0v) is 17.2. The van der Waals surface area contributed by atoms with Gasteiger partial charge in [0.25, 0.3) is 0 Å². The van der Waals surface area contributed by atoms with Gasteiger partial charge < -0.3 is 19.7 Å². The highest BCUT2D eigenvalue weighted by Gasteiger charge is 2.11. The Morgan fingerprint density at radius 1 is 1.26 bits per heavy atom. The summed E-state index contributed by atoms with van der Waals surface area (Å²) in [6.45, 7) is 6.51. The molecular weight excluding hydrogens is 364 g/mol. The number of carbonyl (C=O) groups is 1. The Morgan fingerprint density at radius 3 is 2.67 bits per heavy atom. The van der Waals surface area contributed by atoms with Crippen LogP contribution in [0.3, 0.4) is 0 Å². The van der Waals surface area contributed by atoms with Crippen molar-refractivity contribution in [3.63, 3.8) is 0 Å². The number of amides is 1. The number of hydrogen-bond donors (Lipinski definition) is 1. The molecule has 0 atom stereocenters. The standard InChI is InChI=1S/C21H31ClN2O3/c1-3-27-21-18(22)15-17(16-19(21)26-2)9-10-20(25)23-11-8-14-24-12-6-4-5-7-13-24/h9-10,15-16H,3-8,11-14H2,1-2H3,(H,23,25)/b10-9+. The van der Waals surface area contributed by atoms with Gasteiger partial charge in [0, 0.05) is 12.6 Å². The fraction of sp³-hybridized carbons (Fsp3) is 0.571. The van der Waals surface area contributed by atoms with E-state index in [0.29, 0.717) is 29.7 Å². The lowest BCUT2D eigenvalue weighted by molar-refractivity contribution is -0.116. The fourth-order valence-corrected chi connectivity index (χ4v) is 3.50. The van der Waals surface area contributed by atoms with Crippen molar-refractivity contribution in [1.82, 2.24) is 10.2 Å². The highest BCUT2D eigenvalue weighted by Crippen LogP contribution is 2.36. The van der Waals surface area contributed by atoms with Crippen LogP contribution < -0.4 is 14.8 Å². The highest BCUT2D eigenvalue weighted by molar-refractivity contribution is 6.32. The Bertz CT molecular complexity index is 626. The second kappa shape index (κ2) is 11.9. The summed E-state index contributed by atoms with van der Waals surface area (Å²) in [7, 11) is 1.57. The van der Waals surface area contributed by atoms with Gasteiger partial charge in [0.2, 0.25) is 5.91 Å². The van der Waals surface area contributed by atoms with Crippen molar-refractivity contribution in [2.24, 2.45) is 0 Å². The largest absolute Gasteiger partial charge is 0.493 e. The predicted molar refractivity (Wildman–Crippen MR) is 111 cm³/mol. The molecule has 150 valence electrons. The molecule has 6 heteroatoms. The van der Waals surface area contributed by atoms with Crippen molar-refractivity contribution in [3.8, 4) is 11.5 Å². The predicted octanol–water partition coefficient (Wildman–Crippen LogP) is 4.14. The maximum atomic E-state index is 12.0. The van der Waals surface area contributed by atoms with Gasteiger partial charge >= 0.3 is 0 Å². The van der Waals surface area contributed by atoms with Crippen LogP contribution in [0, 0.1) is 0 Å². The summed E-state index contributed by atoms with van der Waals surface area (Å²) in [4.78, 5) is 14.5. The monoisotopic (exact) mass is 394 g/mol. The number of likely N-dealkylation sites (tertiary alicyclic amines) is 1. The van der Waals surface area contributed by atoms with Crippen LogP contribution >= 0.6 is 11.6 Å². The third-order valence-electron chi connectivity index (χ3n) is 4.62. The third kappa shape index (κ3) is 7.43. The van der Waals surface area contributed by atoms with Gasteiger partial charge in [-0.05, 0) is 69.6 Å². The molecule has 2 rings (SSSR count). The number of ether oxygens (including phenoxy) is 2.